The van der Waals surface area contributed by atoms with Crippen LogP contribution in [-0.2, 0) is 17.8 Å². The van der Waals surface area contributed by atoms with E-state index in [1.807, 2.05) is 29.7 Å². The Kier molecular flexibility index (Phi) is 4.65. The number of benzene rings is 1. The summed E-state index contributed by atoms with van der Waals surface area (Å²) in [7, 11) is 0. The van der Waals surface area contributed by atoms with Gasteiger partial charge in [0.05, 0.1) is 23.2 Å². The van der Waals surface area contributed by atoms with E-state index in [1.54, 1.807) is 20.8 Å². The number of allylic oxidation sites excluding steroid dienone is 1. The normalized spacial score (nSPS) is 12.9. The number of hydrogen-bond donors (Lipinski definition) is 3. The van der Waals surface area contributed by atoms with Gasteiger partial charge in [-0.25, -0.2) is 14.8 Å². The number of aromatic nitrogens is 3. The summed E-state index contributed by atoms with van der Waals surface area (Å²) < 4.78 is 2.00. The molecule has 0 fully saturated rings. The van der Waals surface area contributed by atoms with E-state index in [-0.39, 0.29) is 0 Å². The van der Waals surface area contributed by atoms with Crippen molar-refractivity contribution in [2.75, 3.05) is 5.73 Å². The van der Waals surface area contributed by atoms with Gasteiger partial charge in [-0.1, -0.05) is 19.1 Å². The first-order valence-corrected chi connectivity index (χ1v) is 8.83. The zero-order valence-corrected chi connectivity index (χ0v) is 15.9. The van der Waals surface area contributed by atoms with Gasteiger partial charge in [-0.3, -0.25) is 0 Å². The molecule has 0 aliphatic heterocycles. The molecular weight excluding hydrogens is 344 g/mol. The SMILES string of the molecule is CCc1nc2c(N)nc3cc(/C(C)=C/C(=O)O)ccc3c2n1CC(C)(C)O. The first-order valence-electron chi connectivity index (χ1n) is 8.83. The minimum Gasteiger partial charge on any atom is -0.478 e. The maximum Gasteiger partial charge on any atom is 0.328 e. The number of nitrogen functional groups attached to an aromatic ring is 1. The average molecular weight is 368 g/mol. The number of imidazole rings is 1. The molecular formula is C20H24N4O3. The molecule has 3 rings (SSSR count). The third-order valence-corrected chi connectivity index (χ3v) is 4.44. The molecule has 0 spiro atoms. The first-order chi connectivity index (χ1) is 12.6. The van der Waals surface area contributed by atoms with Crippen molar-refractivity contribution in [3.63, 3.8) is 0 Å². The number of aliphatic hydroxyl groups is 1. The molecule has 0 amide bonds. The van der Waals surface area contributed by atoms with E-state index >= 15 is 0 Å². The van der Waals surface area contributed by atoms with Crippen molar-refractivity contribution in [2.45, 2.75) is 46.3 Å². The fraction of sp³-hybridized carbons (Fsp3) is 0.350. The number of carbonyl (C=O) groups is 1. The molecule has 0 saturated carbocycles. The second-order valence-corrected chi connectivity index (χ2v) is 7.37. The van der Waals surface area contributed by atoms with Crippen LogP contribution in [0.2, 0.25) is 0 Å². The zero-order valence-electron chi connectivity index (χ0n) is 15.9. The molecule has 0 atom stereocenters. The molecule has 2 heterocycles. The van der Waals surface area contributed by atoms with Crippen LogP contribution in [0.5, 0.6) is 0 Å². The van der Waals surface area contributed by atoms with Crippen LogP contribution in [-0.4, -0.2) is 36.3 Å². The van der Waals surface area contributed by atoms with Crippen LogP contribution in [0.25, 0.3) is 27.5 Å². The molecule has 0 aliphatic carbocycles. The van der Waals surface area contributed by atoms with Crippen LogP contribution >= 0.6 is 0 Å². The highest BCUT2D eigenvalue weighted by atomic mass is 16.4. The Balaban J connectivity index is 2.32. The molecule has 2 aromatic heterocycles. The molecule has 27 heavy (non-hydrogen) atoms. The van der Waals surface area contributed by atoms with E-state index in [4.69, 9.17) is 10.8 Å². The Morgan fingerprint density at radius 3 is 2.63 bits per heavy atom. The van der Waals surface area contributed by atoms with Crippen LogP contribution in [0, 0.1) is 0 Å². The van der Waals surface area contributed by atoms with Crippen molar-refractivity contribution >= 4 is 39.3 Å². The summed E-state index contributed by atoms with van der Waals surface area (Å²) in [5.74, 6) is 0.157. The highest BCUT2D eigenvalue weighted by molar-refractivity contribution is 6.07. The van der Waals surface area contributed by atoms with E-state index in [0.29, 0.717) is 35.4 Å². The second-order valence-electron chi connectivity index (χ2n) is 7.37. The van der Waals surface area contributed by atoms with Crippen LogP contribution in [0.1, 0.15) is 39.1 Å². The Labute approximate surface area is 157 Å². The predicted octanol–water partition coefficient (Wildman–Crippen LogP) is 2.99. The summed E-state index contributed by atoms with van der Waals surface area (Å²) >= 11 is 0. The summed E-state index contributed by atoms with van der Waals surface area (Å²) in [6.07, 6.45) is 1.86. The number of fused-ring (bicyclic) bond motifs is 3. The zero-order chi connectivity index (χ0) is 19.9. The van der Waals surface area contributed by atoms with Gasteiger partial charge in [-0.15, -0.1) is 0 Å². The van der Waals surface area contributed by atoms with E-state index in [0.717, 1.165) is 28.4 Å². The molecule has 0 unspecified atom stereocenters. The average Bonchev–Trinajstić information content (AvgIpc) is 2.91. The van der Waals surface area contributed by atoms with Gasteiger partial charge in [0.25, 0.3) is 0 Å². The van der Waals surface area contributed by atoms with Crippen molar-refractivity contribution < 1.29 is 15.0 Å². The van der Waals surface area contributed by atoms with Gasteiger partial charge in [-0.05, 0) is 38.0 Å². The van der Waals surface area contributed by atoms with E-state index in [1.165, 1.54) is 0 Å². The van der Waals surface area contributed by atoms with Gasteiger partial charge < -0.3 is 20.5 Å². The van der Waals surface area contributed by atoms with Gasteiger partial charge in [-0.2, -0.15) is 0 Å². The lowest BCUT2D eigenvalue weighted by Gasteiger charge is -2.20. The molecule has 7 nitrogen and oxygen atoms in total. The number of anilines is 1. The Morgan fingerprint density at radius 1 is 1.33 bits per heavy atom. The Bertz CT molecular complexity index is 1070. The molecule has 0 aliphatic rings. The summed E-state index contributed by atoms with van der Waals surface area (Å²) in [6.45, 7) is 7.63. The maximum atomic E-state index is 10.9. The van der Waals surface area contributed by atoms with Crippen LogP contribution < -0.4 is 5.73 Å². The van der Waals surface area contributed by atoms with E-state index in [9.17, 15) is 9.90 Å². The number of hydrogen-bond acceptors (Lipinski definition) is 5. The summed E-state index contributed by atoms with van der Waals surface area (Å²) in [4.78, 5) is 20.1. The second kappa shape index (κ2) is 6.66. The lowest BCUT2D eigenvalue weighted by Crippen LogP contribution is -2.27. The molecule has 1 aromatic carbocycles. The number of aliphatic carboxylic acids is 1. The number of nitrogens with zero attached hydrogens (tertiary/aromatic N) is 3. The number of rotatable bonds is 5. The molecule has 142 valence electrons. The summed E-state index contributed by atoms with van der Waals surface area (Å²) in [6, 6.07) is 5.59. The largest absolute Gasteiger partial charge is 0.478 e. The van der Waals surface area contributed by atoms with Gasteiger partial charge in [0, 0.05) is 17.9 Å². The molecule has 0 bridgehead atoms. The molecule has 0 radical (unpaired) electrons. The fourth-order valence-electron chi connectivity index (χ4n) is 3.30. The lowest BCUT2D eigenvalue weighted by molar-refractivity contribution is -0.131. The van der Waals surface area contributed by atoms with E-state index < -0.39 is 11.6 Å². The first kappa shape index (κ1) is 18.8. The quantitative estimate of drug-likeness (QED) is 0.597. The monoisotopic (exact) mass is 368 g/mol. The number of carboxylic acids is 1. The van der Waals surface area contributed by atoms with Crippen LogP contribution in [0.3, 0.4) is 0 Å². The standard InChI is InChI=1S/C20H24N4O3/c1-5-15-23-17-18(24(15)10-20(3,4)27)13-7-6-12(11(2)8-16(25)26)9-14(13)22-19(17)21/h6-9,27H,5,10H2,1-4H3,(H2,21,22)(H,25,26)/b11-8+. The number of aryl methyl sites for hydroxylation is 1. The van der Waals surface area contributed by atoms with E-state index in [2.05, 4.69) is 9.97 Å². The molecule has 7 heteroatoms. The number of nitrogens with two attached hydrogens (primary N) is 1. The number of carboxylic acid groups (broad SMARTS) is 1. The number of pyridine rings is 1. The molecule has 4 N–H and O–H groups in total. The fourth-order valence-corrected chi connectivity index (χ4v) is 3.30. The third-order valence-electron chi connectivity index (χ3n) is 4.44. The summed E-state index contributed by atoms with van der Waals surface area (Å²) in [5, 5.41) is 20.2. The topological polar surface area (TPSA) is 114 Å². The van der Waals surface area contributed by atoms with Crippen LogP contribution in [0.15, 0.2) is 24.3 Å². The summed E-state index contributed by atoms with van der Waals surface area (Å²) in [5.41, 5.74) is 8.77. The Hall–Kier alpha value is -2.93. The smallest absolute Gasteiger partial charge is 0.328 e. The minimum absolute atomic E-state index is 0.318. The minimum atomic E-state index is -0.994. The predicted molar refractivity (Wildman–Crippen MR) is 106 cm³/mol. The van der Waals surface area contributed by atoms with Crippen molar-refractivity contribution in [1.82, 2.24) is 14.5 Å². The van der Waals surface area contributed by atoms with Gasteiger partial charge in [0.15, 0.2) is 5.82 Å². The van der Waals surface area contributed by atoms with Crippen molar-refractivity contribution in [3.8, 4) is 0 Å². The van der Waals surface area contributed by atoms with Crippen LogP contribution in [0.4, 0.5) is 5.82 Å². The van der Waals surface area contributed by atoms with Crippen molar-refractivity contribution in [1.29, 1.82) is 0 Å². The highest BCUT2D eigenvalue weighted by Gasteiger charge is 2.22. The van der Waals surface area contributed by atoms with Gasteiger partial charge in [0.2, 0.25) is 0 Å². The third kappa shape index (κ3) is 3.64. The molecule has 3 aromatic rings. The lowest BCUT2D eigenvalue weighted by atomic mass is 10.0. The molecule has 0 saturated heterocycles. The van der Waals surface area contributed by atoms with Gasteiger partial charge in [0.1, 0.15) is 11.3 Å². The Morgan fingerprint density at radius 2 is 2.04 bits per heavy atom. The van der Waals surface area contributed by atoms with Gasteiger partial charge >= 0.3 is 5.97 Å². The van der Waals surface area contributed by atoms with Crippen molar-refractivity contribution in [2.24, 2.45) is 0 Å². The van der Waals surface area contributed by atoms with Crippen molar-refractivity contribution in [3.05, 3.63) is 35.7 Å². The highest BCUT2D eigenvalue weighted by Crippen LogP contribution is 2.31. The maximum absolute atomic E-state index is 10.9.